The van der Waals surface area contributed by atoms with Gasteiger partial charge in [-0.1, -0.05) is 0 Å². The quantitative estimate of drug-likeness (QED) is 0.866. The molecular weight excluding hydrogens is 214 g/mol. The van der Waals surface area contributed by atoms with Crippen LogP contribution in [0.3, 0.4) is 0 Å². The first-order valence-electron chi connectivity index (χ1n) is 5.51. The lowest BCUT2D eigenvalue weighted by molar-refractivity contribution is 0.812. The number of hydrogen-bond donors (Lipinski definition) is 1. The molecule has 2 rings (SSSR count). The van der Waals surface area contributed by atoms with Crippen LogP contribution < -0.4 is 10.2 Å². The van der Waals surface area contributed by atoms with Crippen molar-refractivity contribution in [2.45, 2.75) is 6.54 Å². The maximum Gasteiger partial charge on any atom is 0.151 e. The summed E-state index contributed by atoms with van der Waals surface area (Å²) in [6, 6.07) is 3.94. The van der Waals surface area contributed by atoms with Gasteiger partial charge in [0.15, 0.2) is 5.82 Å². The molecule has 2 heterocycles. The highest BCUT2D eigenvalue weighted by Gasteiger charge is 2.05. The van der Waals surface area contributed by atoms with E-state index < -0.39 is 0 Å². The average molecular weight is 231 g/mol. The summed E-state index contributed by atoms with van der Waals surface area (Å²) < 4.78 is 2.00. The molecule has 0 amide bonds. The largest absolute Gasteiger partial charge is 0.375 e. The Morgan fingerprint density at radius 3 is 2.76 bits per heavy atom. The Kier molecular flexibility index (Phi) is 3.27. The molecule has 0 bridgehead atoms. The monoisotopic (exact) mass is 231 g/mol. The second-order valence-electron chi connectivity index (χ2n) is 4.08. The highest BCUT2D eigenvalue weighted by molar-refractivity contribution is 5.64. The zero-order chi connectivity index (χ0) is 12.3. The molecule has 0 aliphatic carbocycles. The number of aromatic nitrogens is 3. The molecule has 17 heavy (non-hydrogen) atoms. The first kappa shape index (κ1) is 11.4. The number of anilines is 2. The fourth-order valence-electron chi connectivity index (χ4n) is 1.63. The molecule has 0 fully saturated rings. The molecule has 0 unspecified atom stereocenters. The highest BCUT2D eigenvalue weighted by Crippen LogP contribution is 2.20. The van der Waals surface area contributed by atoms with Crippen LogP contribution >= 0.6 is 0 Å². The van der Waals surface area contributed by atoms with Crippen molar-refractivity contribution in [2.24, 2.45) is 7.05 Å². The van der Waals surface area contributed by atoms with E-state index in [1.807, 2.05) is 48.9 Å². The molecule has 5 nitrogen and oxygen atoms in total. The van der Waals surface area contributed by atoms with Gasteiger partial charge in [-0.2, -0.15) is 0 Å². The number of rotatable bonds is 4. The summed E-state index contributed by atoms with van der Waals surface area (Å²) in [7, 11) is 5.95. The molecule has 0 spiro atoms. The van der Waals surface area contributed by atoms with E-state index in [-0.39, 0.29) is 0 Å². The van der Waals surface area contributed by atoms with E-state index in [4.69, 9.17) is 0 Å². The fourth-order valence-corrected chi connectivity index (χ4v) is 1.63. The number of hydrogen-bond acceptors (Lipinski definition) is 4. The van der Waals surface area contributed by atoms with Gasteiger partial charge in [-0.25, -0.2) is 9.97 Å². The first-order valence-corrected chi connectivity index (χ1v) is 5.51. The molecule has 0 saturated carbocycles. The predicted octanol–water partition coefficient (Wildman–Crippen LogP) is 1.49. The lowest BCUT2D eigenvalue weighted by Gasteiger charge is -2.16. The van der Waals surface area contributed by atoms with Crippen LogP contribution in [-0.2, 0) is 13.6 Å². The van der Waals surface area contributed by atoms with Crippen LogP contribution in [0.25, 0.3) is 0 Å². The molecule has 90 valence electrons. The Hall–Kier alpha value is -2.04. The number of nitrogens with one attached hydrogen (secondary N) is 1. The van der Waals surface area contributed by atoms with Crippen LogP contribution in [0.1, 0.15) is 5.82 Å². The molecule has 0 aliphatic rings. The van der Waals surface area contributed by atoms with E-state index in [2.05, 4.69) is 15.3 Å². The minimum atomic E-state index is 0.691. The Morgan fingerprint density at radius 2 is 2.12 bits per heavy atom. The second-order valence-corrected chi connectivity index (χ2v) is 4.08. The molecule has 0 aliphatic heterocycles. The van der Waals surface area contributed by atoms with Crippen LogP contribution in [0.15, 0.2) is 30.7 Å². The van der Waals surface area contributed by atoms with Gasteiger partial charge in [-0.3, -0.25) is 0 Å². The van der Waals surface area contributed by atoms with E-state index in [1.165, 1.54) is 0 Å². The third-order valence-electron chi connectivity index (χ3n) is 2.57. The summed E-state index contributed by atoms with van der Waals surface area (Å²) in [4.78, 5) is 10.6. The van der Waals surface area contributed by atoms with Crippen molar-refractivity contribution in [2.75, 3.05) is 24.3 Å². The van der Waals surface area contributed by atoms with Crippen molar-refractivity contribution in [3.63, 3.8) is 0 Å². The van der Waals surface area contributed by atoms with Gasteiger partial charge in [-0.15, -0.1) is 0 Å². The van der Waals surface area contributed by atoms with Crippen molar-refractivity contribution in [3.05, 3.63) is 36.5 Å². The zero-order valence-corrected chi connectivity index (χ0v) is 10.4. The average Bonchev–Trinajstić information content (AvgIpc) is 2.72. The van der Waals surface area contributed by atoms with Crippen LogP contribution in [0.5, 0.6) is 0 Å². The predicted molar refractivity (Wildman–Crippen MR) is 69.1 cm³/mol. The van der Waals surface area contributed by atoms with Gasteiger partial charge < -0.3 is 14.8 Å². The van der Waals surface area contributed by atoms with E-state index in [0.717, 1.165) is 17.3 Å². The number of pyridine rings is 1. The van der Waals surface area contributed by atoms with Gasteiger partial charge >= 0.3 is 0 Å². The van der Waals surface area contributed by atoms with E-state index >= 15 is 0 Å². The Bertz CT molecular complexity index is 489. The van der Waals surface area contributed by atoms with Crippen molar-refractivity contribution >= 4 is 11.5 Å². The zero-order valence-electron chi connectivity index (χ0n) is 10.4. The topological polar surface area (TPSA) is 46.0 Å². The summed E-state index contributed by atoms with van der Waals surface area (Å²) in [6.07, 6.45) is 5.53. The van der Waals surface area contributed by atoms with E-state index in [1.54, 1.807) is 12.4 Å². The lowest BCUT2D eigenvalue weighted by Crippen LogP contribution is -2.14. The normalized spacial score (nSPS) is 10.3. The molecule has 0 atom stereocenters. The van der Waals surface area contributed by atoms with Gasteiger partial charge in [-0.05, 0) is 12.1 Å². The molecule has 0 aromatic carbocycles. The van der Waals surface area contributed by atoms with Crippen molar-refractivity contribution < 1.29 is 0 Å². The third kappa shape index (κ3) is 2.55. The smallest absolute Gasteiger partial charge is 0.151 e. The van der Waals surface area contributed by atoms with Gasteiger partial charge in [0.1, 0.15) is 5.82 Å². The third-order valence-corrected chi connectivity index (χ3v) is 2.57. The molecular formula is C12H17N5. The SMILES string of the molecule is CN(C)c1ncccc1NCc1nccn1C. The van der Waals surface area contributed by atoms with Gasteiger partial charge in [0.2, 0.25) is 0 Å². The molecule has 0 saturated heterocycles. The molecule has 1 N–H and O–H groups in total. The van der Waals surface area contributed by atoms with E-state index in [0.29, 0.717) is 6.54 Å². The van der Waals surface area contributed by atoms with Crippen LogP contribution in [-0.4, -0.2) is 28.6 Å². The van der Waals surface area contributed by atoms with Crippen LogP contribution in [0.2, 0.25) is 0 Å². The molecule has 5 heteroatoms. The minimum Gasteiger partial charge on any atom is -0.375 e. The lowest BCUT2D eigenvalue weighted by atomic mass is 10.3. The van der Waals surface area contributed by atoms with Crippen molar-refractivity contribution in [3.8, 4) is 0 Å². The minimum absolute atomic E-state index is 0.691. The van der Waals surface area contributed by atoms with Crippen molar-refractivity contribution in [1.82, 2.24) is 14.5 Å². The van der Waals surface area contributed by atoms with Gasteiger partial charge in [0.25, 0.3) is 0 Å². The van der Waals surface area contributed by atoms with Crippen LogP contribution in [0, 0.1) is 0 Å². The van der Waals surface area contributed by atoms with Crippen LogP contribution in [0.4, 0.5) is 11.5 Å². The fraction of sp³-hybridized carbons (Fsp3) is 0.333. The molecule has 2 aromatic rings. The second kappa shape index (κ2) is 4.86. The molecule has 2 aromatic heterocycles. The number of aryl methyl sites for hydroxylation is 1. The number of nitrogens with zero attached hydrogens (tertiary/aromatic N) is 4. The molecule has 0 radical (unpaired) electrons. The summed E-state index contributed by atoms with van der Waals surface area (Å²) in [5.41, 5.74) is 1.01. The van der Waals surface area contributed by atoms with Crippen molar-refractivity contribution in [1.29, 1.82) is 0 Å². The Balaban J connectivity index is 2.11. The van der Waals surface area contributed by atoms with E-state index in [9.17, 15) is 0 Å². The Labute approximate surface area is 101 Å². The van der Waals surface area contributed by atoms with Gasteiger partial charge in [0, 0.05) is 39.7 Å². The standard InChI is InChI=1S/C12H17N5/c1-16(2)12-10(5-4-6-14-12)15-9-11-13-7-8-17(11)3/h4-8,15H,9H2,1-3H3. The number of imidazole rings is 1. The summed E-state index contributed by atoms with van der Waals surface area (Å²) in [5.74, 6) is 1.93. The summed E-state index contributed by atoms with van der Waals surface area (Å²) in [6.45, 7) is 0.691. The maximum atomic E-state index is 4.34. The van der Waals surface area contributed by atoms with Gasteiger partial charge in [0.05, 0.1) is 12.2 Å². The Morgan fingerprint density at radius 1 is 1.29 bits per heavy atom. The summed E-state index contributed by atoms with van der Waals surface area (Å²) >= 11 is 0. The highest BCUT2D eigenvalue weighted by atomic mass is 15.2. The first-order chi connectivity index (χ1) is 8.18. The summed E-state index contributed by atoms with van der Waals surface area (Å²) in [5, 5.41) is 3.35. The maximum absolute atomic E-state index is 4.34.